The van der Waals surface area contributed by atoms with Crippen LogP contribution >= 0.6 is 0 Å². The molecule has 3 fully saturated rings. The van der Waals surface area contributed by atoms with Crippen molar-refractivity contribution < 1.29 is 13.2 Å². The number of carbonyl (C=O) groups excluding carboxylic acids is 1. The number of benzene rings is 1. The summed E-state index contributed by atoms with van der Waals surface area (Å²) in [5.74, 6) is -0.131. The smallest absolute Gasteiger partial charge is 0.253 e. The fraction of sp³-hybridized carbons (Fsp3) is 0.682. The van der Waals surface area contributed by atoms with Gasteiger partial charge in [0, 0.05) is 37.9 Å². The van der Waals surface area contributed by atoms with E-state index < -0.39 is 10.0 Å². The normalized spacial score (nSPS) is 22.0. The Hall–Kier alpha value is -1.60. The monoisotopic (exact) mass is 419 g/mol. The number of amides is 1. The molecule has 4 rings (SSSR count). The predicted octanol–water partition coefficient (Wildman–Crippen LogP) is 3.52. The molecule has 0 radical (unpaired) electrons. The van der Waals surface area contributed by atoms with Crippen LogP contribution in [0, 0.1) is 0 Å². The minimum absolute atomic E-state index is 0.131. The van der Waals surface area contributed by atoms with Crippen molar-refractivity contribution in [2.24, 2.45) is 0 Å². The van der Waals surface area contributed by atoms with Gasteiger partial charge in [0.25, 0.3) is 5.91 Å². The lowest BCUT2D eigenvalue weighted by atomic mass is 10.1. The van der Waals surface area contributed by atoms with Gasteiger partial charge in [-0.05, 0) is 63.1 Å². The van der Waals surface area contributed by atoms with Gasteiger partial charge in [0.05, 0.1) is 10.5 Å². The lowest BCUT2D eigenvalue weighted by molar-refractivity contribution is 0.0938. The molecular weight excluding hydrogens is 386 g/mol. The molecule has 2 aliphatic heterocycles. The van der Waals surface area contributed by atoms with E-state index in [0.717, 1.165) is 76.6 Å². The van der Waals surface area contributed by atoms with Crippen LogP contribution in [0.3, 0.4) is 0 Å². The SMILES string of the molecule is O=C(NC1CCCC1)c1cc(S(=O)(=O)N2CCCCC2)ccc1N1CCCCC1. The molecule has 1 N–H and O–H groups in total. The molecule has 0 unspecified atom stereocenters. The number of piperidine rings is 2. The second-order valence-corrected chi connectivity index (χ2v) is 10.6. The first-order valence-corrected chi connectivity index (χ1v) is 12.7. The van der Waals surface area contributed by atoms with Gasteiger partial charge in [0.15, 0.2) is 0 Å². The Labute approximate surface area is 174 Å². The number of carbonyl (C=O) groups is 1. The van der Waals surface area contributed by atoms with Crippen molar-refractivity contribution in [2.75, 3.05) is 31.1 Å². The first kappa shape index (κ1) is 20.7. The Morgan fingerprint density at radius 3 is 2.14 bits per heavy atom. The second-order valence-electron chi connectivity index (χ2n) is 8.65. The maximum atomic E-state index is 13.2. The molecule has 1 saturated carbocycles. The maximum Gasteiger partial charge on any atom is 0.253 e. The number of hydrogen-bond donors (Lipinski definition) is 1. The van der Waals surface area contributed by atoms with E-state index in [2.05, 4.69) is 10.2 Å². The molecular formula is C22H33N3O3S. The molecule has 1 aliphatic carbocycles. The van der Waals surface area contributed by atoms with E-state index in [1.807, 2.05) is 6.07 Å². The minimum atomic E-state index is -3.56. The van der Waals surface area contributed by atoms with Gasteiger partial charge in [-0.2, -0.15) is 4.31 Å². The van der Waals surface area contributed by atoms with Crippen LogP contribution in [0.4, 0.5) is 5.69 Å². The molecule has 1 aromatic carbocycles. The number of sulfonamides is 1. The largest absolute Gasteiger partial charge is 0.371 e. The summed E-state index contributed by atoms with van der Waals surface area (Å²) in [5.41, 5.74) is 1.38. The van der Waals surface area contributed by atoms with Crippen LogP contribution in [0.1, 0.15) is 74.6 Å². The number of nitrogens with one attached hydrogen (secondary N) is 1. The van der Waals surface area contributed by atoms with E-state index in [1.165, 1.54) is 6.42 Å². The van der Waals surface area contributed by atoms with Gasteiger partial charge in [0.2, 0.25) is 10.0 Å². The number of rotatable bonds is 5. The topological polar surface area (TPSA) is 69.7 Å². The van der Waals surface area contributed by atoms with Crippen molar-refractivity contribution in [3.8, 4) is 0 Å². The predicted molar refractivity (Wildman–Crippen MR) is 115 cm³/mol. The summed E-state index contributed by atoms with van der Waals surface area (Å²) in [5, 5.41) is 3.16. The van der Waals surface area contributed by atoms with Crippen LogP contribution in [0.5, 0.6) is 0 Å². The molecule has 1 aromatic rings. The van der Waals surface area contributed by atoms with Gasteiger partial charge >= 0.3 is 0 Å². The summed E-state index contributed by atoms with van der Waals surface area (Å²) in [4.78, 5) is 15.7. The van der Waals surface area contributed by atoms with Crippen LogP contribution in [0.2, 0.25) is 0 Å². The van der Waals surface area contributed by atoms with Crippen molar-refractivity contribution in [3.63, 3.8) is 0 Å². The molecule has 29 heavy (non-hydrogen) atoms. The van der Waals surface area contributed by atoms with Crippen LogP contribution in [0.15, 0.2) is 23.1 Å². The zero-order chi connectivity index (χ0) is 20.3. The van der Waals surface area contributed by atoms with Crippen molar-refractivity contribution in [1.29, 1.82) is 0 Å². The second kappa shape index (κ2) is 9.04. The summed E-state index contributed by atoms with van der Waals surface area (Å²) in [6.07, 6.45) is 10.6. The lowest BCUT2D eigenvalue weighted by Crippen LogP contribution is -2.37. The molecule has 7 heteroatoms. The van der Waals surface area contributed by atoms with Gasteiger partial charge in [-0.25, -0.2) is 8.42 Å². The summed E-state index contributed by atoms with van der Waals surface area (Å²) in [7, 11) is -3.56. The summed E-state index contributed by atoms with van der Waals surface area (Å²) in [6, 6.07) is 5.38. The van der Waals surface area contributed by atoms with Crippen LogP contribution in [0.25, 0.3) is 0 Å². The molecule has 0 spiro atoms. The van der Waals surface area contributed by atoms with E-state index >= 15 is 0 Å². The van der Waals surface area contributed by atoms with Crippen molar-refractivity contribution in [2.45, 2.75) is 75.1 Å². The Balaban J connectivity index is 1.65. The highest BCUT2D eigenvalue weighted by atomic mass is 32.2. The Bertz CT molecular complexity index is 822. The van der Waals surface area contributed by atoms with E-state index in [0.29, 0.717) is 18.7 Å². The molecule has 0 aromatic heterocycles. The molecule has 0 atom stereocenters. The average molecular weight is 420 g/mol. The maximum absolute atomic E-state index is 13.2. The van der Waals surface area contributed by atoms with Crippen molar-refractivity contribution in [1.82, 2.24) is 9.62 Å². The van der Waals surface area contributed by atoms with Gasteiger partial charge in [-0.1, -0.05) is 19.3 Å². The third-order valence-corrected chi connectivity index (χ3v) is 8.45. The van der Waals surface area contributed by atoms with E-state index in [-0.39, 0.29) is 16.8 Å². The fourth-order valence-electron chi connectivity index (χ4n) is 4.86. The number of hydrogen-bond acceptors (Lipinski definition) is 4. The molecule has 0 bridgehead atoms. The van der Waals surface area contributed by atoms with Crippen molar-refractivity contribution >= 4 is 21.6 Å². The Morgan fingerprint density at radius 2 is 1.48 bits per heavy atom. The zero-order valence-corrected chi connectivity index (χ0v) is 18.1. The third kappa shape index (κ3) is 4.61. The number of anilines is 1. The molecule has 6 nitrogen and oxygen atoms in total. The first-order chi connectivity index (χ1) is 14.1. The molecule has 2 saturated heterocycles. The van der Waals surface area contributed by atoms with Crippen LogP contribution < -0.4 is 10.2 Å². The standard InChI is InChI=1S/C22H33N3O3S/c26-22(23-18-9-3-4-10-18)20-17-19(29(27,28)25-15-7-2-8-16-25)11-12-21(20)24-13-5-1-6-14-24/h11-12,17-18H,1-10,13-16H2,(H,23,26). The molecule has 1 amide bonds. The average Bonchev–Trinajstić information content (AvgIpc) is 3.27. The highest BCUT2D eigenvalue weighted by Crippen LogP contribution is 2.30. The summed E-state index contributed by atoms with van der Waals surface area (Å²) >= 11 is 0. The lowest BCUT2D eigenvalue weighted by Gasteiger charge is -2.31. The highest BCUT2D eigenvalue weighted by molar-refractivity contribution is 7.89. The minimum Gasteiger partial charge on any atom is -0.371 e. The van der Waals surface area contributed by atoms with Gasteiger partial charge in [0.1, 0.15) is 0 Å². The molecule has 160 valence electrons. The van der Waals surface area contributed by atoms with Gasteiger partial charge in [-0.15, -0.1) is 0 Å². The first-order valence-electron chi connectivity index (χ1n) is 11.3. The summed E-state index contributed by atoms with van der Waals surface area (Å²) < 4.78 is 27.9. The van der Waals surface area contributed by atoms with Crippen LogP contribution in [-0.2, 0) is 10.0 Å². The highest BCUT2D eigenvalue weighted by Gasteiger charge is 2.29. The Kier molecular flexibility index (Phi) is 6.44. The van der Waals surface area contributed by atoms with E-state index in [4.69, 9.17) is 0 Å². The van der Waals surface area contributed by atoms with Gasteiger partial charge in [-0.3, -0.25) is 4.79 Å². The van der Waals surface area contributed by atoms with E-state index in [1.54, 1.807) is 16.4 Å². The fourth-order valence-corrected chi connectivity index (χ4v) is 6.40. The van der Waals surface area contributed by atoms with Crippen LogP contribution in [-0.4, -0.2) is 50.9 Å². The quantitative estimate of drug-likeness (QED) is 0.793. The van der Waals surface area contributed by atoms with Crippen molar-refractivity contribution in [3.05, 3.63) is 23.8 Å². The number of nitrogens with zero attached hydrogens (tertiary/aromatic N) is 2. The zero-order valence-electron chi connectivity index (χ0n) is 17.2. The molecule has 3 aliphatic rings. The third-order valence-electron chi connectivity index (χ3n) is 6.55. The Morgan fingerprint density at radius 1 is 0.862 bits per heavy atom. The van der Waals surface area contributed by atoms with Gasteiger partial charge < -0.3 is 10.2 Å². The van der Waals surface area contributed by atoms with E-state index in [9.17, 15) is 13.2 Å². The summed E-state index contributed by atoms with van der Waals surface area (Å²) in [6.45, 7) is 2.98. The molecule has 2 heterocycles.